The van der Waals surface area contributed by atoms with Crippen molar-refractivity contribution < 1.29 is 14.3 Å². The summed E-state index contributed by atoms with van der Waals surface area (Å²) in [5, 5.41) is 21.2. The Hall–Kier alpha value is -3.43. The molecule has 0 saturated carbocycles. The van der Waals surface area contributed by atoms with Crippen molar-refractivity contribution >= 4 is 23.5 Å². The normalized spacial score (nSPS) is 9.78. The van der Waals surface area contributed by atoms with E-state index in [4.69, 9.17) is 25.7 Å². The van der Waals surface area contributed by atoms with Gasteiger partial charge in [-0.3, -0.25) is 4.79 Å². The molecule has 0 aliphatic heterocycles. The van der Waals surface area contributed by atoms with E-state index in [2.05, 4.69) is 10.3 Å². The molecular weight excluding hydrogens is 366 g/mol. The number of hydrogen-bond donors (Lipinski definition) is 2. The fourth-order valence-electron chi connectivity index (χ4n) is 2.17. The summed E-state index contributed by atoms with van der Waals surface area (Å²) in [6.45, 7) is 0.313. The molecule has 0 aliphatic rings. The Kier molecular flexibility index (Phi) is 6.86. The molecular formula is C18H17N5O3S. The van der Waals surface area contributed by atoms with Gasteiger partial charge in [-0.1, -0.05) is 17.8 Å². The molecule has 1 heterocycles. The predicted octanol–water partition coefficient (Wildman–Crippen LogP) is 1.83. The van der Waals surface area contributed by atoms with E-state index in [1.54, 1.807) is 26.4 Å². The number of nitrogens with zero attached hydrogens (tertiary/aromatic N) is 3. The van der Waals surface area contributed by atoms with Crippen LogP contribution in [0.25, 0.3) is 0 Å². The second kappa shape index (κ2) is 9.32. The number of benzene rings is 1. The summed E-state index contributed by atoms with van der Waals surface area (Å²) >= 11 is 1.08. The first kappa shape index (κ1) is 19.9. The second-order valence-corrected chi connectivity index (χ2v) is 6.22. The van der Waals surface area contributed by atoms with Gasteiger partial charge in [0.15, 0.2) is 11.5 Å². The van der Waals surface area contributed by atoms with Gasteiger partial charge in [0.25, 0.3) is 0 Å². The van der Waals surface area contributed by atoms with E-state index >= 15 is 0 Å². The third kappa shape index (κ3) is 5.03. The molecule has 138 valence electrons. The minimum Gasteiger partial charge on any atom is -0.493 e. The predicted molar refractivity (Wildman–Crippen MR) is 100 cm³/mol. The minimum absolute atomic E-state index is 0.0322. The van der Waals surface area contributed by atoms with Crippen LogP contribution in [0.5, 0.6) is 11.5 Å². The molecule has 0 unspecified atom stereocenters. The minimum atomic E-state index is -0.233. The molecule has 3 N–H and O–H groups in total. The fourth-order valence-corrected chi connectivity index (χ4v) is 2.96. The van der Waals surface area contributed by atoms with Gasteiger partial charge in [-0.05, 0) is 23.8 Å². The highest BCUT2D eigenvalue weighted by atomic mass is 32.2. The number of nitrogens with two attached hydrogens (primary N) is 1. The van der Waals surface area contributed by atoms with Crippen LogP contribution in [0.4, 0.5) is 5.82 Å². The van der Waals surface area contributed by atoms with E-state index in [1.165, 1.54) is 6.07 Å². The zero-order valence-corrected chi connectivity index (χ0v) is 15.6. The zero-order chi connectivity index (χ0) is 19.8. The SMILES string of the molecule is COc1ccc(CNC(=O)CSc2nc(N)c(C#N)cc2C#N)cc1OC. The molecule has 0 fully saturated rings. The van der Waals surface area contributed by atoms with E-state index < -0.39 is 0 Å². The summed E-state index contributed by atoms with van der Waals surface area (Å²) in [6, 6.07) is 10.6. The van der Waals surface area contributed by atoms with Gasteiger partial charge in [0.1, 0.15) is 23.0 Å². The lowest BCUT2D eigenvalue weighted by Crippen LogP contribution is -2.24. The lowest BCUT2D eigenvalue weighted by atomic mass is 10.2. The second-order valence-electron chi connectivity index (χ2n) is 5.25. The molecule has 2 rings (SSSR count). The number of aromatic nitrogens is 1. The van der Waals surface area contributed by atoms with Gasteiger partial charge >= 0.3 is 0 Å². The van der Waals surface area contributed by atoms with Crippen LogP contribution >= 0.6 is 11.8 Å². The van der Waals surface area contributed by atoms with Crippen LogP contribution in [0.1, 0.15) is 16.7 Å². The Labute approximate surface area is 160 Å². The number of nitrogen functional groups attached to an aromatic ring is 1. The summed E-state index contributed by atoms with van der Waals surface area (Å²) in [7, 11) is 3.09. The number of thioether (sulfide) groups is 1. The van der Waals surface area contributed by atoms with Crippen LogP contribution < -0.4 is 20.5 Å². The Morgan fingerprint density at radius 2 is 1.89 bits per heavy atom. The summed E-state index contributed by atoms with van der Waals surface area (Å²) in [5.74, 6) is 1.04. The Morgan fingerprint density at radius 1 is 1.19 bits per heavy atom. The van der Waals surface area contributed by atoms with E-state index in [-0.39, 0.29) is 28.6 Å². The Balaban J connectivity index is 1.97. The number of ether oxygens (including phenoxy) is 2. The molecule has 0 atom stereocenters. The molecule has 0 bridgehead atoms. The molecule has 1 aromatic carbocycles. The summed E-state index contributed by atoms with van der Waals surface area (Å²) < 4.78 is 10.4. The average Bonchev–Trinajstić information content (AvgIpc) is 2.70. The first-order valence-electron chi connectivity index (χ1n) is 7.73. The quantitative estimate of drug-likeness (QED) is 0.692. The van der Waals surface area contributed by atoms with Crippen molar-refractivity contribution in [2.45, 2.75) is 11.6 Å². The van der Waals surface area contributed by atoms with Gasteiger partial charge in [0.05, 0.1) is 31.1 Å². The molecule has 0 aliphatic carbocycles. The first-order valence-corrected chi connectivity index (χ1v) is 8.72. The number of carbonyl (C=O) groups is 1. The molecule has 27 heavy (non-hydrogen) atoms. The maximum absolute atomic E-state index is 12.1. The average molecular weight is 383 g/mol. The van der Waals surface area contributed by atoms with Crippen molar-refractivity contribution in [3.8, 4) is 23.6 Å². The molecule has 1 amide bonds. The lowest BCUT2D eigenvalue weighted by Gasteiger charge is -2.10. The van der Waals surface area contributed by atoms with Crippen LogP contribution in [0.15, 0.2) is 29.3 Å². The highest BCUT2D eigenvalue weighted by Crippen LogP contribution is 2.27. The molecule has 9 heteroatoms. The summed E-state index contributed by atoms with van der Waals surface area (Å²) in [5.41, 5.74) is 6.86. The third-order valence-corrected chi connectivity index (χ3v) is 4.53. The van der Waals surface area contributed by atoms with E-state index in [0.29, 0.717) is 23.1 Å². The highest BCUT2D eigenvalue weighted by molar-refractivity contribution is 8.00. The smallest absolute Gasteiger partial charge is 0.230 e. The molecule has 0 spiro atoms. The van der Waals surface area contributed by atoms with Gasteiger partial charge < -0.3 is 20.5 Å². The maximum atomic E-state index is 12.1. The summed E-state index contributed by atoms with van der Waals surface area (Å²) in [4.78, 5) is 16.1. The van der Waals surface area contributed by atoms with E-state index in [1.807, 2.05) is 18.2 Å². The van der Waals surface area contributed by atoms with E-state index in [9.17, 15) is 4.79 Å². The number of methoxy groups -OCH3 is 2. The Bertz CT molecular complexity index is 934. The van der Waals surface area contributed by atoms with Gasteiger partial charge in [-0.2, -0.15) is 10.5 Å². The highest BCUT2D eigenvalue weighted by Gasteiger charge is 2.12. The van der Waals surface area contributed by atoms with Gasteiger partial charge in [-0.15, -0.1) is 0 Å². The molecule has 0 saturated heterocycles. The number of anilines is 1. The number of nitrogens with one attached hydrogen (secondary N) is 1. The number of nitriles is 2. The number of hydrogen-bond acceptors (Lipinski definition) is 8. The van der Waals surface area contributed by atoms with Crippen LogP contribution in [0.3, 0.4) is 0 Å². The van der Waals surface area contributed by atoms with Crippen molar-refractivity contribution in [1.82, 2.24) is 10.3 Å². The largest absolute Gasteiger partial charge is 0.493 e. The molecule has 0 radical (unpaired) electrons. The van der Waals surface area contributed by atoms with E-state index in [0.717, 1.165) is 17.3 Å². The fraction of sp³-hybridized carbons (Fsp3) is 0.222. The zero-order valence-electron chi connectivity index (χ0n) is 14.8. The van der Waals surface area contributed by atoms with Crippen molar-refractivity contribution in [3.05, 3.63) is 41.0 Å². The molecule has 1 aromatic heterocycles. The van der Waals surface area contributed by atoms with Gasteiger partial charge in [0.2, 0.25) is 5.91 Å². The van der Waals surface area contributed by atoms with Crippen LogP contribution in [-0.2, 0) is 11.3 Å². The summed E-state index contributed by atoms with van der Waals surface area (Å²) in [6.07, 6.45) is 0. The van der Waals surface area contributed by atoms with Gasteiger partial charge in [-0.25, -0.2) is 4.98 Å². The monoisotopic (exact) mass is 383 g/mol. The number of amides is 1. The Morgan fingerprint density at radius 3 is 2.52 bits per heavy atom. The van der Waals surface area contributed by atoms with Crippen LogP contribution in [-0.4, -0.2) is 30.9 Å². The van der Waals surface area contributed by atoms with Crippen molar-refractivity contribution in [1.29, 1.82) is 10.5 Å². The number of rotatable bonds is 7. The number of pyridine rings is 1. The van der Waals surface area contributed by atoms with Crippen LogP contribution in [0.2, 0.25) is 0 Å². The maximum Gasteiger partial charge on any atom is 0.230 e. The van der Waals surface area contributed by atoms with Crippen molar-refractivity contribution in [2.75, 3.05) is 25.7 Å². The van der Waals surface area contributed by atoms with Crippen molar-refractivity contribution in [3.63, 3.8) is 0 Å². The van der Waals surface area contributed by atoms with Gasteiger partial charge in [0, 0.05) is 6.54 Å². The lowest BCUT2D eigenvalue weighted by molar-refractivity contribution is -0.118. The molecule has 2 aromatic rings. The van der Waals surface area contributed by atoms with Crippen molar-refractivity contribution in [2.24, 2.45) is 0 Å². The number of carbonyl (C=O) groups excluding carboxylic acids is 1. The third-order valence-electron chi connectivity index (χ3n) is 3.54. The standard InChI is InChI=1S/C18H17N5O3S/c1-25-14-4-3-11(5-15(14)26-2)9-22-16(24)10-27-18-13(8-20)6-12(7-19)17(21)23-18/h3-6H,9-10H2,1-2H3,(H2,21,23)(H,22,24). The first-order chi connectivity index (χ1) is 13.0. The van der Waals surface area contributed by atoms with Crippen LogP contribution in [0, 0.1) is 22.7 Å². The molecule has 8 nitrogen and oxygen atoms in total. The topological polar surface area (TPSA) is 134 Å².